The summed E-state index contributed by atoms with van der Waals surface area (Å²) in [7, 11) is 1.74. The first-order valence-corrected chi connectivity index (χ1v) is 5.66. The fraction of sp³-hybridized carbons (Fsp3) is 0.538. The lowest BCUT2D eigenvalue weighted by molar-refractivity contribution is 0.178. The number of benzene rings is 1. The van der Waals surface area contributed by atoms with Gasteiger partial charge in [-0.05, 0) is 49.6 Å². The van der Waals surface area contributed by atoms with Crippen molar-refractivity contribution >= 4 is 0 Å². The van der Waals surface area contributed by atoms with Gasteiger partial charge in [-0.15, -0.1) is 0 Å². The van der Waals surface area contributed by atoms with Gasteiger partial charge in [-0.1, -0.05) is 6.07 Å². The molecule has 1 saturated heterocycles. The second-order valence-corrected chi connectivity index (χ2v) is 4.82. The monoisotopic (exact) mass is 203 g/mol. The average Bonchev–Trinajstić information content (AvgIpc) is 2.71. The molecule has 1 aromatic rings. The molecule has 1 unspecified atom stereocenters. The molecule has 80 valence electrons. The highest BCUT2D eigenvalue weighted by atomic mass is 16.5. The molecule has 1 fully saturated rings. The van der Waals surface area contributed by atoms with Crippen LogP contribution in [0, 0.1) is 0 Å². The third-order valence-corrected chi connectivity index (χ3v) is 4.04. The molecule has 2 aliphatic rings. The summed E-state index contributed by atoms with van der Waals surface area (Å²) in [6, 6.07) is 6.53. The van der Waals surface area contributed by atoms with Crippen LogP contribution in [0.4, 0.5) is 0 Å². The molecule has 15 heavy (non-hydrogen) atoms. The fourth-order valence-corrected chi connectivity index (χ4v) is 3.14. The van der Waals surface area contributed by atoms with Crippen LogP contribution in [0.3, 0.4) is 0 Å². The average molecular weight is 203 g/mol. The van der Waals surface area contributed by atoms with Crippen LogP contribution >= 0.6 is 0 Å². The standard InChI is InChI=1S/C13H17NO/c1-13-6-3-7-14(13)9-10-8-11(15-2)4-5-12(10)13/h4-5,8H,3,6-7,9H2,1-2H3. The molecule has 3 rings (SSSR count). The zero-order valence-electron chi connectivity index (χ0n) is 9.42. The van der Waals surface area contributed by atoms with Crippen LogP contribution in [0.15, 0.2) is 18.2 Å². The van der Waals surface area contributed by atoms with E-state index in [0.29, 0.717) is 5.54 Å². The summed E-state index contributed by atoms with van der Waals surface area (Å²) >= 11 is 0. The fourth-order valence-electron chi connectivity index (χ4n) is 3.14. The van der Waals surface area contributed by atoms with Crippen molar-refractivity contribution in [3.63, 3.8) is 0 Å². The van der Waals surface area contributed by atoms with Crippen molar-refractivity contribution in [3.05, 3.63) is 29.3 Å². The Bertz CT molecular complexity index is 402. The minimum Gasteiger partial charge on any atom is -0.497 e. The first-order chi connectivity index (χ1) is 7.24. The molecule has 2 heteroatoms. The summed E-state index contributed by atoms with van der Waals surface area (Å²) in [4.78, 5) is 2.59. The molecular formula is C13H17NO. The lowest BCUT2D eigenvalue weighted by Gasteiger charge is -2.28. The van der Waals surface area contributed by atoms with Crippen molar-refractivity contribution in [3.8, 4) is 5.75 Å². The Morgan fingerprint density at radius 3 is 3.07 bits per heavy atom. The van der Waals surface area contributed by atoms with E-state index in [4.69, 9.17) is 4.74 Å². The number of nitrogens with zero attached hydrogens (tertiary/aromatic N) is 1. The highest BCUT2D eigenvalue weighted by Gasteiger charge is 2.44. The van der Waals surface area contributed by atoms with Crippen LogP contribution in [0.2, 0.25) is 0 Å². The van der Waals surface area contributed by atoms with Gasteiger partial charge in [0, 0.05) is 12.1 Å². The molecule has 0 amide bonds. The molecule has 0 bridgehead atoms. The maximum absolute atomic E-state index is 5.28. The minimum absolute atomic E-state index is 0.307. The number of fused-ring (bicyclic) bond motifs is 3. The third-order valence-electron chi connectivity index (χ3n) is 4.04. The zero-order chi connectivity index (χ0) is 10.5. The van der Waals surface area contributed by atoms with Crippen LogP contribution in [-0.4, -0.2) is 18.6 Å². The van der Waals surface area contributed by atoms with Gasteiger partial charge in [-0.3, -0.25) is 4.90 Å². The molecule has 0 saturated carbocycles. The first kappa shape index (κ1) is 9.22. The molecule has 1 atom stereocenters. The van der Waals surface area contributed by atoms with Gasteiger partial charge in [0.15, 0.2) is 0 Å². The van der Waals surface area contributed by atoms with Gasteiger partial charge in [-0.2, -0.15) is 0 Å². The van der Waals surface area contributed by atoms with Gasteiger partial charge < -0.3 is 4.74 Å². The van der Waals surface area contributed by atoms with Crippen molar-refractivity contribution in [1.29, 1.82) is 0 Å². The van der Waals surface area contributed by atoms with Crippen LogP contribution in [0.5, 0.6) is 5.75 Å². The third kappa shape index (κ3) is 1.14. The number of hydrogen-bond donors (Lipinski definition) is 0. The van der Waals surface area contributed by atoms with Gasteiger partial charge in [0.25, 0.3) is 0 Å². The molecule has 1 aromatic carbocycles. The normalized spacial score (nSPS) is 28.9. The van der Waals surface area contributed by atoms with Gasteiger partial charge in [-0.25, -0.2) is 0 Å². The largest absolute Gasteiger partial charge is 0.497 e. The summed E-state index contributed by atoms with van der Waals surface area (Å²) in [5.74, 6) is 0.985. The molecule has 2 heterocycles. The van der Waals surface area contributed by atoms with Gasteiger partial charge >= 0.3 is 0 Å². The number of methoxy groups -OCH3 is 1. The van der Waals surface area contributed by atoms with E-state index in [1.165, 1.54) is 30.5 Å². The van der Waals surface area contributed by atoms with Crippen LogP contribution in [0.25, 0.3) is 0 Å². The zero-order valence-corrected chi connectivity index (χ0v) is 9.42. The Morgan fingerprint density at radius 1 is 1.40 bits per heavy atom. The van der Waals surface area contributed by atoms with Crippen molar-refractivity contribution < 1.29 is 4.74 Å². The number of ether oxygens (including phenoxy) is 1. The lowest BCUT2D eigenvalue weighted by atomic mass is 9.90. The Morgan fingerprint density at radius 2 is 2.27 bits per heavy atom. The second kappa shape index (κ2) is 2.99. The van der Waals surface area contributed by atoms with Crippen molar-refractivity contribution in [1.82, 2.24) is 4.90 Å². The molecule has 0 aliphatic carbocycles. The molecule has 2 aliphatic heterocycles. The van der Waals surface area contributed by atoms with E-state index in [-0.39, 0.29) is 0 Å². The molecular weight excluding hydrogens is 186 g/mol. The smallest absolute Gasteiger partial charge is 0.119 e. The Kier molecular flexibility index (Phi) is 1.84. The molecule has 0 aromatic heterocycles. The molecule has 0 spiro atoms. The van der Waals surface area contributed by atoms with Crippen molar-refractivity contribution in [2.45, 2.75) is 31.8 Å². The van der Waals surface area contributed by atoms with E-state index in [2.05, 4.69) is 30.0 Å². The highest BCUT2D eigenvalue weighted by Crippen LogP contribution is 2.46. The minimum atomic E-state index is 0.307. The van der Waals surface area contributed by atoms with Crippen LogP contribution in [-0.2, 0) is 12.1 Å². The van der Waals surface area contributed by atoms with E-state index >= 15 is 0 Å². The SMILES string of the molecule is COc1ccc2c(c1)CN1CCCC21C. The van der Waals surface area contributed by atoms with Gasteiger partial charge in [0.1, 0.15) is 5.75 Å². The van der Waals surface area contributed by atoms with Crippen molar-refractivity contribution in [2.75, 3.05) is 13.7 Å². The summed E-state index contributed by atoms with van der Waals surface area (Å²) in [5, 5.41) is 0. The quantitative estimate of drug-likeness (QED) is 0.695. The summed E-state index contributed by atoms with van der Waals surface area (Å²) in [6.45, 7) is 4.72. The first-order valence-electron chi connectivity index (χ1n) is 5.66. The van der Waals surface area contributed by atoms with E-state index < -0.39 is 0 Å². The Labute approximate surface area is 90.8 Å². The van der Waals surface area contributed by atoms with Gasteiger partial charge in [0.2, 0.25) is 0 Å². The Balaban J connectivity index is 2.08. The maximum atomic E-state index is 5.28. The summed E-state index contributed by atoms with van der Waals surface area (Å²) in [5.41, 5.74) is 3.28. The van der Waals surface area contributed by atoms with Crippen LogP contribution in [0.1, 0.15) is 30.9 Å². The highest BCUT2D eigenvalue weighted by molar-refractivity contribution is 5.43. The molecule has 0 radical (unpaired) electrons. The predicted octanol–water partition coefficient (Wildman–Crippen LogP) is 2.52. The van der Waals surface area contributed by atoms with E-state index in [1.807, 2.05) is 0 Å². The Hall–Kier alpha value is -1.02. The van der Waals surface area contributed by atoms with Crippen LogP contribution < -0.4 is 4.74 Å². The molecule has 0 N–H and O–H groups in total. The lowest BCUT2D eigenvalue weighted by Crippen LogP contribution is -2.31. The topological polar surface area (TPSA) is 12.5 Å². The van der Waals surface area contributed by atoms with Crippen molar-refractivity contribution in [2.24, 2.45) is 0 Å². The second-order valence-electron chi connectivity index (χ2n) is 4.82. The van der Waals surface area contributed by atoms with Gasteiger partial charge in [0.05, 0.1) is 7.11 Å². The maximum Gasteiger partial charge on any atom is 0.119 e. The summed E-state index contributed by atoms with van der Waals surface area (Å²) < 4.78 is 5.28. The molecule has 2 nitrogen and oxygen atoms in total. The number of hydrogen-bond acceptors (Lipinski definition) is 2. The van der Waals surface area contributed by atoms with E-state index in [1.54, 1.807) is 7.11 Å². The van der Waals surface area contributed by atoms with E-state index in [0.717, 1.165) is 12.3 Å². The summed E-state index contributed by atoms with van der Waals surface area (Å²) in [6.07, 6.45) is 2.63. The number of rotatable bonds is 1. The van der Waals surface area contributed by atoms with E-state index in [9.17, 15) is 0 Å². The predicted molar refractivity (Wildman–Crippen MR) is 60.0 cm³/mol.